The maximum Gasteiger partial charge on any atom is 0.257 e. The zero-order valence-electron chi connectivity index (χ0n) is 19.5. The summed E-state index contributed by atoms with van der Waals surface area (Å²) in [5.74, 6) is 0.313. The number of ether oxygens (including phenoxy) is 1. The minimum atomic E-state index is -0.304. The van der Waals surface area contributed by atoms with Crippen LogP contribution < -0.4 is 15.4 Å². The molecule has 0 aliphatic rings. The zero-order valence-corrected chi connectivity index (χ0v) is 21.2. The van der Waals surface area contributed by atoms with E-state index in [1.54, 1.807) is 29.5 Å². The maximum atomic E-state index is 12.8. The molecule has 0 fully saturated rings. The molecule has 0 bridgehead atoms. The molecule has 1 heterocycles. The standard InChI is InChI=1S/C29H23N3O2S2/c1-19-16-22(28-30-25-12-5-6-13-26(25)36-28)14-15-24(19)31-29(35)32-27(33)21-10-7-11-23(17-21)34-18-20-8-3-2-4-9-20/h2-17H,18H2,1H3,(H2,31,32,33,35). The molecular weight excluding hydrogens is 486 g/mol. The van der Waals surface area contributed by atoms with Crippen LogP contribution in [0.1, 0.15) is 21.5 Å². The van der Waals surface area contributed by atoms with E-state index in [9.17, 15) is 4.79 Å². The Balaban J connectivity index is 1.21. The number of nitrogens with one attached hydrogen (secondary N) is 2. The lowest BCUT2D eigenvalue weighted by Gasteiger charge is -2.13. The molecular formula is C29H23N3O2S2. The van der Waals surface area contributed by atoms with Crippen molar-refractivity contribution in [3.05, 3.63) is 114 Å². The maximum absolute atomic E-state index is 12.8. The Bertz CT molecular complexity index is 1510. The molecule has 0 radical (unpaired) electrons. The Hall–Kier alpha value is -4.07. The van der Waals surface area contributed by atoms with Crippen LogP contribution in [-0.2, 0) is 6.61 Å². The largest absolute Gasteiger partial charge is 0.489 e. The fourth-order valence-electron chi connectivity index (χ4n) is 3.73. The summed E-state index contributed by atoms with van der Waals surface area (Å²) in [6, 6.07) is 31.1. The molecule has 4 aromatic carbocycles. The minimum Gasteiger partial charge on any atom is -0.489 e. The number of hydrogen-bond acceptors (Lipinski definition) is 5. The second kappa shape index (κ2) is 10.7. The van der Waals surface area contributed by atoms with Crippen molar-refractivity contribution in [3.63, 3.8) is 0 Å². The molecule has 0 unspecified atom stereocenters. The average Bonchev–Trinajstić information content (AvgIpc) is 3.34. The predicted octanol–water partition coefficient (Wildman–Crippen LogP) is 6.98. The number of thiazole rings is 1. The van der Waals surface area contributed by atoms with Gasteiger partial charge >= 0.3 is 0 Å². The van der Waals surface area contributed by atoms with E-state index in [1.807, 2.05) is 73.7 Å². The Morgan fingerprint density at radius 2 is 1.75 bits per heavy atom. The number of fused-ring (bicyclic) bond motifs is 1. The van der Waals surface area contributed by atoms with Crippen LogP contribution in [0.4, 0.5) is 5.69 Å². The molecule has 0 saturated carbocycles. The average molecular weight is 510 g/mol. The van der Waals surface area contributed by atoms with Crippen molar-refractivity contribution in [3.8, 4) is 16.3 Å². The molecule has 5 nitrogen and oxygen atoms in total. The first kappa shape index (κ1) is 23.7. The zero-order chi connectivity index (χ0) is 24.9. The van der Waals surface area contributed by atoms with Crippen molar-refractivity contribution in [2.24, 2.45) is 0 Å². The summed E-state index contributed by atoms with van der Waals surface area (Å²) in [7, 11) is 0. The number of benzene rings is 4. The van der Waals surface area contributed by atoms with Crippen LogP contribution in [-0.4, -0.2) is 16.0 Å². The van der Waals surface area contributed by atoms with Gasteiger partial charge < -0.3 is 10.1 Å². The molecule has 178 valence electrons. The minimum absolute atomic E-state index is 0.228. The SMILES string of the molecule is Cc1cc(-c2nc3ccccc3s2)ccc1NC(=S)NC(=O)c1cccc(OCc2ccccc2)c1. The summed E-state index contributed by atoms with van der Waals surface area (Å²) >= 11 is 7.07. The van der Waals surface area contributed by atoms with Crippen LogP contribution in [0, 0.1) is 6.92 Å². The molecule has 5 aromatic rings. The summed E-state index contributed by atoms with van der Waals surface area (Å²) in [6.45, 7) is 2.43. The van der Waals surface area contributed by atoms with Gasteiger partial charge in [0.25, 0.3) is 5.91 Å². The van der Waals surface area contributed by atoms with Gasteiger partial charge in [-0.2, -0.15) is 0 Å². The van der Waals surface area contributed by atoms with Crippen molar-refractivity contribution in [1.82, 2.24) is 10.3 Å². The third-order valence-corrected chi connectivity index (χ3v) is 6.88. The highest BCUT2D eigenvalue weighted by molar-refractivity contribution is 7.80. The number of nitrogens with zero attached hydrogens (tertiary/aromatic N) is 1. The second-order valence-corrected chi connectivity index (χ2v) is 9.67. The van der Waals surface area contributed by atoms with Gasteiger partial charge in [0.1, 0.15) is 17.4 Å². The number of carbonyl (C=O) groups is 1. The first-order valence-electron chi connectivity index (χ1n) is 11.4. The van der Waals surface area contributed by atoms with Crippen LogP contribution in [0.2, 0.25) is 0 Å². The number of thiocarbonyl (C=S) groups is 1. The van der Waals surface area contributed by atoms with Crippen LogP contribution in [0.3, 0.4) is 0 Å². The fourth-order valence-corrected chi connectivity index (χ4v) is 4.89. The van der Waals surface area contributed by atoms with Crippen molar-refractivity contribution in [2.45, 2.75) is 13.5 Å². The molecule has 0 aliphatic carbocycles. The molecule has 2 N–H and O–H groups in total. The highest BCUT2D eigenvalue weighted by Crippen LogP contribution is 2.32. The first-order valence-corrected chi connectivity index (χ1v) is 12.6. The van der Waals surface area contributed by atoms with Gasteiger partial charge in [0.2, 0.25) is 0 Å². The van der Waals surface area contributed by atoms with E-state index in [1.165, 1.54) is 0 Å². The highest BCUT2D eigenvalue weighted by atomic mass is 32.1. The first-order chi connectivity index (χ1) is 17.5. The summed E-state index contributed by atoms with van der Waals surface area (Å²) in [5.41, 5.74) is 5.39. The van der Waals surface area contributed by atoms with E-state index in [0.29, 0.717) is 17.9 Å². The van der Waals surface area contributed by atoms with Gasteiger partial charge in [-0.15, -0.1) is 11.3 Å². The fraction of sp³-hybridized carbons (Fsp3) is 0.0690. The topological polar surface area (TPSA) is 63.2 Å². The smallest absolute Gasteiger partial charge is 0.257 e. The van der Waals surface area contributed by atoms with Gasteiger partial charge in [-0.05, 0) is 78.8 Å². The number of anilines is 1. The Morgan fingerprint density at radius 3 is 2.56 bits per heavy atom. The Labute approximate surface area is 218 Å². The van der Waals surface area contributed by atoms with Gasteiger partial charge in [0.05, 0.1) is 10.2 Å². The predicted molar refractivity (Wildman–Crippen MR) is 151 cm³/mol. The summed E-state index contributed by atoms with van der Waals surface area (Å²) in [4.78, 5) is 17.5. The summed E-state index contributed by atoms with van der Waals surface area (Å²) < 4.78 is 6.99. The molecule has 1 aromatic heterocycles. The molecule has 0 spiro atoms. The van der Waals surface area contributed by atoms with Crippen molar-refractivity contribution < 1.29 is 9.53 Å². The second-order valence-electron chi connectivity index (χ2n) is 8.23. The van der Waals surface area contributed by atoms with E-state index in [0.717, 1.165) is 37.6 Å². The van der Waals surface area contributed by atoms with E-state index >= 15 is 0 Å². The lowest BCUT2D eigenvalue weighted by Crippen LogP contribution is -2.34. The number of aryl methyl sites for hydroxylation is 1. The lowest BCUT2D eigenvalue weighted by atomic mass is 10.1. The van der Waals surface area contributed by atoms with Gasteiger partial charge in [-0.1, -0.05) is 48.5 Å². The monoisotopic (exact) mass is 509 g/mol. The van der Waals surface area contributed by atoms with Crippen LogP contribution >= 0.6 is 23.6 Å². The number of para-hydroxylation sites is 1. The van der Waals surface area contributed by atoms with E-state index in [-0.39, 0.29) is 11.0 Å². The molecule has 36 heavy (non-hydrogen) atoms. The molecule has 7 heteroatoms. The summed E-state index contributed by atoms with van der Waals surface area (Å²) in [6.07, 6.45) is 0. The van der Waals surface area contributed by atoms with Gasteiger partial charge in [-0.25, -0.2) is 4.98 Å². The van der Waals surface area contributed by atoms with Crippen LogP contribution in [0.25, 0.3) is 20.8 Å². The van der Waals surface area contributed by atoms with Crippen molar-refractivity contribution in [2.75, 3.05) is 5.32 Å². The molecule has 0 atom stereocenters. The van der Waals surface area contributed by atoms with Gasteiger partial charge in [0, 0.05) is 16.8 Å². The number of carbonyl (C=O) groups excluding carboxylic acids is 1. The Kier molecular flexibility index (Phi) is 7.02. The molecule has 0 aliphatic heterocycles. The van der Waals surface area contributed by atoms with E-state index in [4.69, 9.17) is 21.9 Å². The third kappa shape index (κ3) is 5.59. The molecule has 1 amide bonds. The normalized spacial score (nSPS) is 10.7. The van der Waals surface area contributed by atoms with E-state index < -0.39 is 0 Å². The summed E-state index contributed by atoms with van der Waals surface area (Å²) in [5, 5.41) is 7.08. The molecule has 5 rings (SSSR count). The number of aromatic nitrogens is 1. The van der Waals surface area contributed by atoms with Gasteiger partial charge in [0.15, 0.2) is 5.11 Å². The lowest BCUT2D eigenvalue weighted by molar-refractivity contribution is 0.0977. The number of amides is 1. The number of hydrogen-bond donors (Lipinski definition) is 2. The third-order valence-electron chi connectivity index (χ3n) is 5.59. The van der Waals surface area contributed by atoms with Crippen molar-refractivity contribution in [1.29, 1.82) is 0 Å². The quantitative estimate of drug-likeness (QED) is 0.242. The van der Waals surface area contributed by atoms with Crippen LogP contribution in [0.15, 0.2) is 97.1 Å². The van der Waals surface area contributed by atoms with Crippen LogP contribution in [0.5, 0.6) is 5.75 Å². The number of rotatable bonds is 6. The highest BCUT2D eigenvalue weighted by Gasteiger charge is 2.12. The van der Waals surface area contributed by atoms with Gasteiger partial charge in [-0.3, -0.25) is 10.1 Å². The van der Waals surface area contributed by atoms with Crippen molar-refractivity contribution >= 4 is 50.5 Å². The van der Waals surface area contributed by atoms with E-state index in [2.05, 4.69) is 22.8 Å². The molecule has 0 saturated heterocycles. The Morgan fingerprint density at radius 1 is 0.944 bits per heavy atom.